The van der Waals surface area contributed by atoms with Crippen LogP contribution in [0.4, 0.5) is 0 Å². The first-order valence-electron chi connectivity index (χ1n) is 10.3. The smallest absolute Gasteiger partial charge is 0.148 e. The summed E-state index contributed by atoms with van der Waals surface area (Å²) in [6, 6.07) is 28.6. The molecule has 0 fully saturated rings. The van der Waals surface area contributed by atoms with Crippen molar-refractivity contribution >= 4 is 6.08 Å². The summed E-state index contributed by atoms with van der Waals surface area (Å²) in [5.41, 5.74) is 6.77. The number of nitrogens with zero attached hydrogens (tertiary/aromatic N) is 1. The third-order valence-corrected chi connectivity index (χ3v) is 5.78. The lowest BCUT2D eigenvalue weighted by molar-refractivity contribution is 0.375. The zero-order valence-corrected chi connectivity index (χ0v) is 16.7. The quantitative estimate of drug-likeness (QED) is 0.443. The molecular formula is C27H23NO2. The molecule has 3 aromatic carbocycles. The third-order valence-electron chi connectivity index (χ3n) is 5.78. The topological polar surface area (TPSA) is 46.3 Å². The SMILES string of the molecule is Oc1cccc2c1CCC(Cc1cc(C(c3ccccc3)c3ccccc3)on1)=C2. The van der Waals surface area contributed by atoms with Gasteiger partial charge in [-0.25, -0.2) is 0 Å². The molecule has 0 saturated heterocycles. The molecule has 1 aromatic heterocycles. The van der Waals surface area contributed by atoms with Crippen molar-refractivity contribution in [1.29, 1.82) is 0 Å². The van der Waals surface area contributed by atoms with Gasteiger partial charge in [0, 0.05) is 18.1 Å². The summed E-state index contributed by atoms with van der Waals surface area (Å²) in [6.45, 7) is 0. The molecule has 1 N–H and O–H groups in total. The summed E-state index contributed by atoms with van der Waals surface area (Å²) >= 11 is 0. The number of rotatable bonds is 5. The first-order chi connectivity index (χ1) is 14.8. The molecular weight excluding hydrogens is 370 g/mol. The maximum atomic E-state index is 10.1. The van der Waals surface area contributed by atoms with E-state index in [1.54, 1.807) is 6.07 Å². The number of phenols is 1. The number of hydrogen-bond donors (Lipinski definition) is 1. The van der Waals surface area contributed by atoms with Crippen LogP contribution in [-0.4, -0.2) is 10.3 Å². The average molecular weight is 393 g/mol. The molecule has 0 unspecified atom stereocenters. The van der Waals surface area contributed by atoms with Gasteiger partial charge in [0.25, 0.3) is 0 Å². The molecule has 148 valence electrons. The van der Waals surface area contributed by atoms with Crippen molar-refractivity contribution in [2.45, 2.75) is 25.2 Å². The fourth-order valence-electron chi connectivity index (χ4n) is 4.31. The second kappa shape index (κ2) is 8.03. The van der Waals surface area contributed by atoms with E-state index in [-0.39, 0.29) is 5.92 Å². The van der Waals surface area contributed by atoms with Gasteiger partial charge in [0.1, 0.15) is 11.5 Å². The van der Waals surface area contributed by atoms with Crippen molar-refractivity contribution in [3.63, 3.8) is 0 Å². The molecule has 0 saturated carbocycles. The van der Waals surface area contributed by atoms with Gasteiger partial charge in [-0.1, -0.05) is 89.6 Å². The lowest BCUT2D eigenvalue weighted by Gasteiger charge is -2.16. The zero-order chi connectivity index (χ0) is 20.3. The van der Waals surface area contributed by atoms with Crippen LogP contribution < -0.4 is 0 Å². The molecule has 0 spiro atoms. The molecule has 0 amide bonds. The Morgan fingerprint density at radius 2 is 1.53 bits per heavy atom. The van der Waals surface area contributed by atoms with Gasteiger partial charge in [-0.15, -0.1) is 0 Å². The van der Waals surface area contributed by atoms with Gasteiger partial charge in [-0.3, -0.25) is 0 Å². The lowest BCUT2D eigenvalue weighted by Crippen LogP contribution is -2.03. The van der Waals surface area contributed by atoms with Crippen LogP contribution in [0, 0.1) is 0 Å². The van der Waals surface area contributed by atoms with Crippen molar-refractivity contribution in [2.24, 2.45) is 0 Å². The Balaban J connectivity index is 1.44. The van der Waals surface area contributed by atoms with E-state index in [1.807, 2.05) is 18.2 Å². The van der Waals surface area contributed by atoms with Crippen molar-refractivity contribution in [1.82, 2.24) is 5.16 Å². The standard InChI is InChI=1S/C27H23NO2/c29-25-13-7-12-22-16-19(14-15-24(22)25)17-23-18-26(30-28-23)27(20-8-3-1-4-9-20)21-10-5-2-6-11-21/h1-13,16,18,27,29H,14-15,17H2. The first-order valence-corrected chi connectivity index (χ1v) is 10.3. The zero-order valence-electron chi connectivity index (χ0n) is 16.7. The highest BCUT2D eigenvalue weighted by atomic mass is 16.5. The number of aromatic nitrogens is 1. The Morgan fingerprint density at radius 1 is 0.833 bits per heavy atom. The molecule has 4 aromatic rings. The molecule has 5 rings (SSSR count). The van der Waals surface area contributed by atoms with Crippen LogP contribution in [0.2, 0.25) is 0 Å². The molecule has 1 heterocycles. The van der Waals surface area contributed by atoms with E-state index in [2.05, 4.69) is 71.9 Å². The summed E-state index contributed by atoms with van der Waals surface area (Å²) in [7, 11) is 0. The number of hydrogen-bond acceptors (Lipinski definition) is 3. The van der Waals surface area contributed by atoms with Gasteiger partial charge in [0.05, 0.1) is 11.6 Å². The molecule has 3 heteroatoms. The van der Waals surface area contributed by atoms with E-state index in [0.717, 1.165) is 41.8 Å². The Bertz CT molecular complexity index is 1140. The third kappa shape index (κ3) is 3.67. The molecule has 0 radical (unpaired) electrons. The van der Waals surface area contributed by atoms with Crippen molar-refractivity contribution in [3.05, 3.63) is 124 Å². The van der Waals surface area contributed by atoms with E-state index in [1.165, 1.54) is 16.7 Å². The summed E-state index contributed by atoms with van der Waals surface area (Å²) in [4.78, 5) is 0. The predicted octanol–water partition coefficient (Wildman–Crippen LogP) is 6.13. The Hall–Kier alpha value is -3.59. The maximum Gasteiger partial charge on any atom is 0.148 e. The molecule has 3 nitrogen and oxygen atoms in total. The van der Waals surface area contributed by atoms with Crippen molar-refractivity contribution < 1.29 is 9.63 Å². The number of fused-ring (bicyclic) bond motifs is 1. The molecule has 1 aliphatic carbocycles. The molecule has 0 aliphatic heterocycles. The van der Waals surface area contributed by atoms with Gasteiger partial charge in [-0.2, -0.15) is 0 Å². The van der Waals surface area contributed by atoms with Crippen LogP contribution in [0.3, 0.4) is 0 Å². The normalized spacial score (nSPS) is 13.2. The van der Waals surface area contributed by atoms with Crippen LogP contribution in [0.15, 0.2) is 95.0 Å². The lowest BCUT2D eigenvalue weighted by atomic mass is 9.88. The van der Waals surface area contributed by atoms with E-state index >= 15 is 0 Å². The Kier molecular flexibility index (Phi) is 4.94. The van der Waals surface area contributed by atoms with Gasteiger partial charge in [0.2, 0.25) is 0 Å². The molecule has 0 atom stereocenters. The average Bonchev–Trinajstić information content (AvgIpc) is 3.23. The van der Waals surface area contributed by atoms with Crippen molar-refractivity contribution in [3.8, 4) is 5.75 Å². The van der Waals surface area contributed by atoms with Crippen LogP contribution >= 0.6 is 0 Å². The van der Waals surface area contributed by atoms with Crippen LogP contribution in [0.5, 0.6) is 5.75 Å². The number of benzene rings is 3. The van der Waals surface area contributed by atoms with Gasteiger partial charge < -0.3 is 9.63 Å². The van der Waals surface area contributed by atoms with Crippen LogP contribution in [0.25, 0.3) is 6.08 Å². The number of allylic oxidation sites excluding steroid dienone is 1. The Morgan fingerprint density at radius 3 is 2.23 bits per heavy atom. The van der Waals surface area contributed by atoms with Gasteiger partial charge >= 0.3 is 0 Å². The minimum atomic E-state index is 0.0201. The fraction of sp³-hybridized carbons (Fsp3) is 0.148. The summed E-state index contributed by atoms with van der Waals surface area (Å²) < 4.78 is 5.85. The minimum Gasteiger partial charge on any atom is -0.508 e. The minimum absolute atomic E-state index is 0.0201. The van der Waals surface area contributed by atoms with Gasteiger partial charge in [0.15, 0.2) is 0 Å². The second-order valence-electron chi connectivity index (χ2n) is 7.80. The number of aromatic hydroxyl groups is 1. The van der Waals surface area contributed by atoms with Crippen LogP contribution in [-0.2, 0) is 12.8 Å². The molecule has 30 heavy (non-hydrogen) atoms. The molecule has 1 aliphatic rings. The maximum absolute atomic E-state index is 10.1. The number of phenolic OH excluding ortho intramolecular Hbond substituents is 1. The molecule has 0 bridgehead atoms. The van der Waals surface area contributed by atoms with E-state index < -0.39 is 0 Å². The second-order valence-corrected chi connectivity index (χ2v) is 7.80. The highest BCUT2D eigenvalue weighted by Crippen LogP contribution is 2.34. The highest BCUT2D eigenvalue weighted by molar-refractivity contribution is 5.63. The summed E-state index contributed by atoms with van der Waals surface area (Å²) in [6.07, 6.45) is 4.72. The highest BCUT2D eigenvalue weighted by Gasteiger charge is 2.22. The summed E-state index contributed by atoms with van der Waals surface area (Å²) in [5, 5.41) is 14.4. The monoisotopic (exact) mass is 393 g/mol. The van der Waals surface area contributed by atoms with E-state index in [4.69, 9.17) is 4.52 Å². The Labute approximate surface area is 176 Å². The van der Waals surface area contributed by atoms with E-state index in [0.29, 0.717) is 5.75 Å². The predicted molar refractivity (Wildman–Crippen MR) is 118 cm³/mol. The van der Waals surface area contributed by atoms with Crippen molar-refractivity contribution in [2.75, 3.05) is 0 Å². The van der Waals surface area contributed by atoms with Crippen LogP contribution in [0.1, 0.15) is 46.0 Å². The summed E-state index contributed by atoms with van der Waals surface area (Å²) in [5.74, 6) is 1.27. The van der Waals surface area contributed by atoms with Gasteiger partial charge in [-0.05, 0) is 35.6 Å². The largest absolute Gasteiger partial charge is 0.508 e. The van der Waals surface area contributed by atoms with E-state index in [9.17, 15) is 5.11 Å². The first kappa shape index (κ1) is 18.4. The fourth-order valence-corrected chi connectivity index (χ4v) is 4.31.